The lowest BCUT2D eigenvalue weighted by Crippen LogP contribution is -2.37. The van der Waals surface area contributed by atoms with Gasteiger partial charge < -0.3 is 10.6 Å². The summed E-state index contributed by atoms with van der Waals surface area (Å²) >= 11 is 5.96. The van der Waals surface area contributed by atoms with Gasteiger partial charge in [-0.2, -0.15) is 0 Å². The number of amides is 1. The molecule has 1 aromatic rings. The van der Waals surface area contributed by atoms with Crippen LogP contribution in [0.1, 0.15) is 22.8 Å². The predicted octanol–water partition coefficient (Wildman–Crippen LogP) is 1.99. The summed E-state index contributed by atoms with van der Waals surface area (Å²) in [7, 11) is 1.86. The van der Waals surface area contributed by atoms with Crippen molar-refractivity contribution in [3.63, 3.8) is 0 Å². The molecule has 0 saturated carbocycles. The number of hydrogen-bond acceptors (Lipinski definition) is 2. The maximum absolute atomic E-state index is 11.8. The van der Waals surface area contributed by atoms with E-state index in [-0.39, 0.29) is 11.9 Å². The average Bonchev–Trinajstić information content (AvgIpc) is 2.29. The van der Waals surface area contributed by atoms with Crippen LogP contribution in [0.2, 0.25) is 5.02 Å². The molecule has 1 atom stereocenters. The molecule has 3 nitrogen and oxygen atoms in total. The van der Waals surface area contributed by atoms with Gasteiger partial charge in [0.15, 0.2) is 0 Å². The minimum absolute atomic E-state index is 0.0814. The molecule has 0 bridgehead atoms. The van der Waals surface area contributed by atoms with Crippen LogP contribution >= 0.6 is 11.6 Å². The van der Waals surface area contributed by atoms with E-state index >= 15 is 0 Å². The van der Waals surface area contributed by atoms with Crippen molar-refractivity contribution in [3.8, 4) is 0 Å². The second kappa shape index (κ2) is 5.87. The third kappa shape index (κ3) is 3.22. The van der Waals surface area contributed by atoms with Gasteiger partial charge in [0.05, 0.1) is 0 Å². The van der Waals surface area contributed by atoms with Gasteiger partial charge in [0.1, 0.15) is 0 Å². The number of benzene rings is 1. The Balaban J connectivity index is 2.70. The summed E-state index contributed by atoms with van der Waals surface area (Å²) in [6, 6.07) is 5.60. The molecule has 1 aromatic carbocycles. The Morgan fingerprint density at radius 1 is 1.50 bits per heavy atom. The number of nitrogens with one attached hydrogen (secondary N) is 2. The summed E-state index contributed by atoms with van der Waals surface area (Å²) in [6.07, 6.45) is 0. The molecule has 1 unspecified atom stereocenters. The van der Waals surface area contributed by atoms with E-state index in [9.17, 15) is 4.79 Å². The van der Waals surface area contributed by atoms with E-state index < -0.39 is 0 Å². The molecule has 0 saturated heterocycles. The zero-order chi connectivity index (χ0) is 12.1. The van der Waals surface area contributed by atoms with Gasteiger partial charge in [-0.1, -0.05) is 17.7 Å². The van der Waals surface area contributed by atoms with Crippen LogP contribution in [0.25, 0.3) is 0 Å². The van der Waals surface area contributed by atoms with Crippen LogP contribution in [0.4, 0.5) is 0 Å². The standard InChI is InChI=1S/C12H17ClN2O/c1-8(14-3)7-15-12(16)10-5-4-6-11(13)9(10)2/h4-6,8,14H,7H2,1-3H3,(H,15,16). The van der Waals surface area contributed by atoms with Crippen LogP contribution < -0.4 is 10.6 Å². The van der Waals surface area contributed by atoms with E-state index in [0.29, 0.717) is 17.1 Å². The first-order chi connectivity index (χ1) is 7.56. The van der Waals surface area contributed by atoms with Crippen LogP contribution in [-0.4, -0.2) is 25.5 Å². The molecule has 0 aliphatic rings. The van der Waals surface area contributed by atoms with Crippen molar-refractivity contribution in [1.29, 1.82) is 0 Å². The molecule has 0 aliphatic heterocycles. The fourth-order valence-electron chi connectivity index (χ4n) is 1.30. The quantitative estimate of drug-likeness (QED) is 0.845. The van der Waals surface area contributed by atoms with Crippen LogP contribution in [0.15, 0.2) is 18.2 Å². The highest BCUT2D eigenvalue weighted by molar-refractivity contribution is 6.31. The Morgan fingerprint density at radius 3 is 2.81 bits per heavy atom. The first kappa shape index (κ1) is 13.0. The smallest absolute Gasteiger partial charge is 0.251 e. The molecule has 0 aliphatic carbocycles. The molecule has 0 heterocycles. The lowest BCUT2D eigenvalue weighted by molar-refractivity contribution is 0.0950. The number of carbonyl (C=O) groups excluding carboxylic acids is 1. The zero-order valence-corrected chi connectivity index (χ0v) is 10.6. The van der Waals surface area contributed by atoms with Crippen molar-refractivity contribution in [2.75, 3.05) is 13.6 Å². The zero-order valence-electron chi connectivity index (χ0n) is 9.80. The summed E-state index contributed by atoms with van der Waals surface area (Å²) in [5, 5.41) is 6.53. The lowest BCUT2D eigenvalue weighted by Gasteiger charge is -2.12. The van der Waals surface area contributed by atoms with E-state index in [1.807, 2.05) is 20.9 Å². The highest BCUT2D eigenvalue weighted by Gasteiger charge is 2.10. The van der Waals surface area contributed by atoms with E-state index in [4.69, 9.17) is 11.6 Å². The number of rotatable bonds is 4. The Bertz CT molecular complexity index is 379. The number of likely N-dealkylation sites (N-methyl/N-ethyl adjacent to an activating group) is 1. The molecule has 16 heavy (non-hydrogen) atoms. The Hall–Kier alpha value is -1.06. The van der Waals surface area contributed by atoms with Crippen molar-refractivity contribution < 1.29 is 4.79 Å². The van der Waals surface area contributed by atoms with Gasteiger partial charge in [-0.15, -0.1) is 0 Å². The van der Waals surface area contributed by atoms with Gasteiger partial charge in [0.25, 0.3) is 5.91 Å². The fraction of sp³-hybridized carbons (Fsp3) is 0.417. The summed E-state index contributed by atoms with van der Waals surface area (Å²) in [5.41, 5.74) is 1.45. The summed E-state index contributed by atoms with van der Waals surface area (Å²) in [4.78, 5) is 11.8. The molecular weight excluding hydrogens is 224 g/mol. The van der Waals surface area contributed by atoms with Crippen molar-refractivity contribution >= 4 is 17.5 Å². The second-order valence-electron chi connectivity index (χ2n) is 3.81. The van der Waals surface area contributed by atoms with Crippen molar-refractivity contribution in [1.82, 2.24) is 10.6 Å². The third-order valence-corrected chi connectivity index (χ3v) is 2.98. The Morgan fingerprint density at radius 2 is 2.19 bits per heavy atom. The molecule has 1 rings (SSSR count). The van der Waals surface area contributed by atoms with Gasteiger partial charge in [0.2, 0.25) is 0 Å². The van der Waals surface area contributed by atoms with Gasteiger partial charge in [0, 0.05) is 23.2 Å². The molecule has 1 amide bonds. The average molecular weight is 241 g/mol. The normalized spacial score (nSPS) is 12.2. The highest BCUT2D eigenvalue weighted by Crippen LogP contribution is 2.18. The maximum Gasteiger partial charge on any atom is 0.251 e. The molecule has 2 N–H and O–H groups in total. The molecule has 0 aromatic heterocycles. The van der Waals surface area contributed by atoms with E-state index in [2.05, 4.69) is 10.6 Å². The molecule has 88 valence electrons. The van der Waals surface area contributed by atoms with E-state index in [1.165, 1.54) is 0 Å². The van der Waals surface area contributed by atoms with Crippen LogP contribution in [0, 0.1) is 6.92 Å². The minimum Gasteiger partial charge on any atom is -0.350 e. The molecule has 0 spiro atoms. The van der Waals surface area contributed by atoms with E-state index in [0.717, 1.165) is 5.56 Å². The van der Waals surface area contributed by atoms with Gasteiger partial charge in [-0.25, -0.2) is 0 Å². The van der Waals surface area contributed by atoms with Crippen LogP contribution in [0.3, 0.4) is 0 Å². The Labute approximate surface area is 101 Å². The monoisotopic (exact) mass is 240 g/mol. The number of carbonyl (C=O) groups is 1. The molecule has 0 fully saturated rings. The molecule has 4 heteroatoms. The largest absolute Gasteiger partial charge is 0.350 e. The highest BCUT2D eigenvalue weighted by atomic mass is 35.5. The number of halogens is 1. The van der Waals surface area contributed by atoms with E-state index in [1.54, 1.807) is 18.2 Å². The van der Waals surface area contributed by atoms with Gasteiger partial charge in [-0.05, 0) is 38.6 Å². The summed E-state index contributed by atoms with van der Waals surface area (Å²) in [6.45, 7) is 4.45. The fourth-order valence-corrected chi connectivity index (χ4v) is 1.47. The topological polar surface area (TPSA) is 41.1 Å². The molecule has 0 radical (unpaired) electrons. The summed E-state index contributed by atoms with van der Waals surface area (Å²) < 4.78 is 0. The first-order valence-electron chi connectivity index (χ1n) is 5.26. The molecular formula is C12H17ClN2O. The maximum atomic E-state index is 11.8. The van der Waals surface area contributed by atoms with Crippen molar-refractivity contribution in [2.24, 2.45) is 0 Å². The second-order valence-corrected chi connectivity index (χ2v) is 4.22. The third-order valence-electron chi connectivity index (χ3n) is 2.57. The van der Waals surface area contributed by atoms with Crippen molar-refractivity contribution in [2.45, 2.75) is 19.9 Å². The first-order valence-corrected chi connectivity index (χ1v) is 5.64. The Kier molecular flexibility index (Phi) is 4.77. The van der Waals surface area contributed by atoms with Crippen LogP contribution in [0.5, 0.6) is 0 Å². The van der Waals surface area contributed by atoms with Crippen molar-refractivity contribution in [3.05, 3.63) is 34.3 Å². The van der Waals surface area contributed by atoms with Crippen LogP contribution in [-0.2, 0) is 0 Å². The summed E-state index contributed by atoms with van der Waals surface area (Å²) in [5.74, 6) is -0.0814. The SMILES string of the molecule is CNC(C)CNC(=O)c1cccc(Cl)c1C. The van der Waals surface area contributed by atoms with Gasteiger partial charge in [-0.3, -0.25) is 4.79 Å². The lowest BCUT2D eigenvalue weighted by atomic mass is 10.1. The minimum atomic E-state index is -0.0814. The van der Waals surface area contributed by atoms with Gasteiger partial charge >= 0.3 is 0 Å². The predicted molar refractivity (Wildman–Crippen MR) is 67.0 cm³/mol. The number of hydrogen-bond donors (Lipinski definition) is 2.